The van der Waals surface area contributed by atoms with Crippen molar-refractivity contribution in [2.24, 2.45) is 0 Å². The van der Waals surface area contributed by atoms with Crippen molar-refractivity contribution in [2.45, 2.75) is 19.6 Å². The summed E-state index contributed by atoms with van der Waals surface area (Å²) >= 11 is 6.02. The molecule has 0 saturated carbocycles. The summed E-state index contributed by atoms with van der Waals surface area (Å²) < 4.78 is 5.40. The molecule has 1 fully saturated rings. The highest BCUT2D eigenvalue weighted by atomic mass is 35.5. The van der Waals surface area contributed by atoms with Crippen molar-refractivity contribution in [1.82, 2.24) is 4.90 Å². The molecule has 2 aromatic carbocycles. The first-order valence-electron chi connectivity index (χ1n) is 8.62. The second-order valence-corrected chi connectivity index (χ2v) is 6.86. The Morgan fingerprint density at radius 3 is 2.67 bits per heavy atom. The topological polar surface area (TPSA) is 75.9 Å². The lowest BCUT2D eigenvalue weighted by molar-refractivity contribution is -0.384. The maximum Gasteiger partial charge on any atom is 0.410 e. The highest BCUT2D eigenvalue weighted by Gasteiger charge is 2.31. The van der Waals surface area contributed by atoms with Gasteiger partial charge in [-0.1, -0.05) is 41.9 Å². The molecule has 0 unspecified atom stereocenters. The Balaban J connectivity index is 1.65. The van der Waals surface area contributed by atoms with Crippen LogP contribution in [0.4, 0.5) is 16.2 Å². The minimum atomic E-state index is -0.420. The number of nitro benzene ring substituents is 1. The first kappa shape index (κ1) is 19.0. The van der Waals surface area contributed by atoms with Gasteiger partial charge in [-0.15, -0.1) is 0 Å². The Labute approximate surface area is 162 Å². The van der Waals surface area contributed by atoms with Crippen molar-refractivity contribution < 1.29 is 14.5 Å². The molecular weight excluding hydrogens is 370 g/mol. The van der Waals surface area contributed by atoms with E-state index in [1.807, 2.05) is 42.2 Å². The van der Waals surface area contributed by atoms with E-state index in [4.69, 9.17) is 16.3 Å². The van der Waals surface area contributed by atoms with Crippen LogP contribution in [0.15, 0.2) is 48.5 Å². The number of hydrogen-bond acceptors (Lipinski definition) is 5. The first-order valence-corrected chi connectivity index (χ1v) is 8.99. The normalized spacial score (nSPS) is 16.9. The molecule has 0 aliphatic carbocycles. The minimum Gasteiger partial charge on any atom is -0.445 e. The summed E-state index contributed by atoms with van der Waals surface area (Å²) in [4.78, 5) is 26.8. The fourth-order valence-electron chi connectivity index (χ4n) is 3.15. The third-order valence-corrected chi connectivity index (χ3v) is 4.78. The average molecular weight is 390 g/mol. The third-order valence-electron chi connectivity index (χ3n) is 4.54. The van der Waals surface area contributed by atoms with E-state index >= 15 is 0 Å². The van der Waals surface area contributed by atoms with Gasteiger partial charge in [0.2, 0.25) is 0 Å². The van der Waals surface area contributed by atoms with Gasteiger partial charge in [0, 0.05) is 36.8 Å². The van der Waals surface area contributed by atoms with Crippen LogP contribution in [0, 0.1) is 10.1 Å². The van der Waals surface area contributed by atoms with Gasteiger partial charge in [0.25, 0.3) is 5.69 Å². The summed E-state index contributed by atoms with van der Waals surface area (Å²) in [6.07, 6.45) is -0.383. The number of benzene rings is 2. The Kier molecular flexibility index (Phi) is 5.81. The summed E-state index contributed by atoms with van der Waals surface area (Å²) in [6.45, 7) is 3.45. The second kappa shape index (κ2) is 8.26. The molecule has 8 heteroatoms. The molecule has 27 heavy (non-hydrogen) atoms. The number of amides is 1. The zero-order valence-corrected chi connectivity index (χ0v) is 15.6. The Hall–Kier alpha value is -2.80. The zero-order chi connectivity index (χ0) is 19.4. The number of hydrogen-bond donors (Lipinski definition) is 0. The molecular formula is C19H20ClN3O4. The van der Waals surface area contributed by atoms with Gasteiger partial charge in [0.05, 0.1) is 4.92 Å². The molecule has 1 aliphatic heterocycles. The molecule has 2 aromatic rings. The predicted molar refractivity (Wildman–Crippen MR) is 103 cm³/mol. The molecule has 0 bridgehead atoms. The van der Waals surface area contributed by atoms with Crippen LogP contribution in [-0.2, 0) is 11.3 Å². The molecule has 1 heterocycles. The SMILES string of the molecule is C[C@@H]1CN(c2cc(Cl)ccc2[N+](=O)[O-])CCN1C(=O)OCc1ccccc1. The zero-order valence-electron chi connectivity index (χ0n) is 14.9. The van der Waals surface area contributed by atoms with Crippen molar-refractivity contribution in [3.63, 3.8) is 0 Å². The summed E-state index contributed by atoms with van der Waals surface area (Å²) in [5, 5.41) is 11.7. The lowest BCUT2D eigenvalue weighted by Gasteiger charge is -2.40. The van der Waals surface area contributed by atoms with Gasteiger partial charge in [0.15, 0.2) is 0 Å². The number of nitrogens with zero attached hydrogens (tertiary/aromatic N) is 3. The molecule has 0 aromatic heterocycles. The number of carbonyl (C=O) groups is 1. The van der Waals surface area contributed by atoms with Gasteiger partial charge in [-0.05, 0) is 24.6 Å². The van der Waals surface area contributed by atoms with Crippen LogP contribution in [0.1, 0.15) is 12.5 Å². The molecule has 7 nitrogen and oxygen atoms in total. The molecule has 1 amide bonds. The van der Waals surface area contributed by atoms with Gasteiger partial charge >= 0.3 is 6.09 Å². The molecule has 1 atom stereocenters. The smallest absolute Gasteiger partial charge is 0.410 e. The lowest BCUT2D eigenvalue weighted by Crippen LogP contribution is -2.54. The standard InChI is InChI=1S/C19H20ClN3O4/c1-14-12-21(18-11-16(20)7-8-17(18)23(25)26)9-10-22(14)19(24)27-13-15-5-3-2-4-6-15/h2-8,11,14H,9-10,12-13H2,1H3/t14-/m1/s1. The Morgan fingerprint density at radius 2 is 2.00 bits per heavy atom. The third kappa shape index (κ3) is 4.49. The van der Waals surface area contributed by atoms with Crippen molar-refractivity contribution in [1.29, 1.82) is 0 Å². The van der Waals surface area contributed by atoms with Crippen molar-refractivity contribution >= 4 is 29.1 Å². The Bertz CT molecular complexity index is 831. The molecule has 0 radical (unpaired) electrons. The van der Waals surface area contributed by atoms with Gasteiger partial charge in [-0.2, -0.15) is 0 Å². The number of ether oxygens (including phenoxy) is 1. The van der Waals surface area contributed by atoms with Gasteiger partial charge in [-0.3, -0.25) is 10.1 Å². The van der Waals surface area contributed by atoms with E-state index in [-0.39, 0.29) is 24.4 Å². The second-order valence-electron chi connectivity index (χ2n) is 6.42. The molecule has 3 rings (SSSR count). The maximum atomic E-state index is 12.4. The van der Waals surface area contributed by atoms with E-state index in [2.05, 4.69) is 0 Å². The minimum absolute atomic E-state index is 0.00621. The number of rotatable bonds is 4. The Morgan fingerprint density at radius 1 is 1.26 bits per heavy atom. The first-order chi connectivity index (χ1) is 13.0. The van der Waals surface area contributed by atoms with Gasteiger partial charge in [-0.25, -0.2) is 4.79 Å². The number of carbonyl (C=O) groups excluding carboxylic acids is 1. The van der Waals surface area contributed by atoms with E-state index in [0.29, 0.717) is 30.3 Å². The van der Waals surface area contributed by atoms with Crippen LogP contribution >= 0.6 is 11.6 Å². The molecule has 1 aliphatic rings. The van der Waals surface area contributed by atoms with E-state index < -0.39 is 4.92 Å². The van der Waals surface area contributed by atoms with E-state index in [1.54, 1.807) is 11.0 Å². The summed E-state index contributed by atoms with van der Waals surface area (Å²) in [5.74, 6) is 0. The lowest BCUT2D eigenvalue weighted by atomic mass is 10.1. The summed E-state index contributed by atoms with van der Waals surface area (Å²) in [7, 11) is 0. The number of nitro groups is 1. The molecule has 142 valence electrons. The van der Waals surface area contributed by atoms with Crippen LogP contribution < -0.4 is 4.90 Å². The van der Waals surface area contributed by atoms with Crippen LogP contribution in [0.5, 0.6) is 0 Å². The van der Waals surface area contributed by atoms with E-state index in [1.165, 1.54) is 12.1 Å². The van der Waals surface area contributed by atoms with Crippen molar-refractivity contribution in [3.8, 4) is 0 Å². The molecule has 1 saturated heterocycles. The van der Waals surface area contributed by atoms with Crippen LogP contribution in [0.25, 0.3) is 0 Å². The van der Waals surface area contributed by atoms with E-state index in [9.17, 15) is 14.9 Å². The highest BCUT2D eigenvalue weighted by Crippen LogP contribution is 2.32. The fraction of sp³-hybridized carbons (Fsp3) is 0.316. The summed E-state index contributed by atoms with van der Waals surface area (Å²) in [5.41, 5.74) is 1.40. The van der Waals surface area contributed by atoms with Crippen molar-refractivity contribution in [3.05, 3.63) is 69.2 Å². The van der Waals surface area contributed by atoms with Crippen LogP contribution in [-0.4, -0.2) is 41.6 Å². The van der Waals surface area contributed by atoms with Crippen LogP contribution in [0.2, 0.25) is 5.02 Å². The van der Waals surface area contributed by atoms with E-state index in [0.717, 1.165) is 5.56 Å². The largest absolute Gasteiger partial charge is 0.445 e. The van der Waals surface area contributed by atoms with Crippen molar-refractivity contribution in [2.75, 3.05) is 24.5 Å². The van der Waals surface area contributed by atoms with Crippen LogP contribution in [0.3, 0.4) is 0 Å². The average Bonchev–Trinajstić information content (AvgIpc) is 2.66. The number of anilines is 1. The predicted octanol–water partition coefficient (Wildman–Crippen LogP) is 4.10. The quantitative estimate of drug-likeness (QED) is 0.581. The summed E-state index contributed by atoms with van der Waals surface area (Å²) in [6, 6.07) is 13.8. The molecule has 0 spiro atoms. The number of halogens is 1. The monoisotopic (exact) mass is 389 g/mol. The number of piperazine rings is 1. The molecule has 0 N–H and O–H groups in total. The highest BCUT2D eigenvalue weighted by molar-refractivity contribution is 6.31. The van der Waals surface area contributed by atoms with Gasteiger partial charge in [0.1, 0.15) is 12.3 Å². The maximum absolute atomic E-state index is 12.4. The van der Waals surface area contributed by atoms with Gasteiger partial charge < -0.3 is 14.5 Å². The fourth-order valence-corrected chi connectivity index (χ4v) is 3.32.